The largest absolute Gasteiger partial charge is 0.497 e. The molecule has 1 saturated heterocycles. The first-order valence-electron chi connectivity index (χ1n) is 10.4. The van der Waals surface area contributed by atoms with Crippen LogP contribution < -0.4 is 4.74 Å². The molecule has 1 saturated carbocycles. The summed E-state index contributed by atoms with van der Waals surface area (Å²) in [7, 11) is 3.70. The Morgan fingerprint density at radius 1 is 1.27 bits per heavy atom. The van der Waals surface area contributed by atoms with Gasteiger partial charge in [0.15, 0.2) is 17.3 Å². The van der Waals surface area contributed by atoms with Gasteiger partial charge in [0.05, 0.1) is 12.8 Å². The maximum absolute atomic E-state index is 5.45. The van der Waals surface area contributed by atoms with Crippen LogP contribution in [-0.2, 0) is 12.5 Å². The smallest absolute Gasteiger partial charge is 0.202 e. The molecule has 158 valence electrons. The molecule has 7 nitrogen and oxygen atoms in total. The van der Waals surface area contributed by atoms with Crippen LogP contribution >= 0.6 is 11.8 Å². The van der Waals surface area contributed by atoms with Crippen LogP contribution in [0.1, 0.15) is 24.1 Å². The molecule has 3 heterocycles. The molecule has 0 radical (unpaired) electrons. The van der Waals surface area contributed by atoms with Gasteiger partial charge in [0.25, 0.3) is 0 Å². The highest BCUT2D eigenvalue weighted by Crippen LogP contribution is 2.59. The van der Waals surface area contributed by atoms with E-state index in [1.54, 1.807) is 18.9 Å². The Labute approximate surface area is 180 Å². The zero-order valence-corrected chi connectivity index (χ0v) is 18.5. The van der Waals surface area contributed by atoms with Crippen molar-refractivity contribution in [2.45, 2.75) is 30.3 Å². The van der Waals surface area contributed by atoms with Crippen LogP contribution in [0.3, 0.4) is 0 Å². The van der Waals surface area contributed by atoms with Gasteiger partial charge in [-0.05, 0) is 49.9 Å². The van der Waals surface area contributed by atoms with Gasteiger partial charge in [-0.15, -0.1) is 10.2 Å². The Bertz CT molecular complexity index is 1030. The minimum Gasteiger partial charge on any atom is -0.497 e. The Morgan fingerprint density at radius 3 is 2.83 bits per heavy atom. The maximum atomic E-state index is 5.45. The van der Waals surface area contributed by atoms with Gasteiger partial charge in [0.1, 0.15) is 5.75 Å². The molecule has 0 N–H and O–H groups in total. The quantitative estimate of drug-likeness (QED) is 0.404. The third-order valence-corrected chi connectivity index (χ3v) is 7.62. The van der Waals surface area contributed by atoms with E-state index < -0.39 is 0 Å². The van der Waals surface area contributed by atoms with Gasteiger partial charge in [-0.1, -0.05) is 23.9 Å². The molecular weight excluding hydrogens is 398 g/mol. The van der Waals surface area contributed by atoms with Gasteiger partial charge in [-0.25, -0.2) is 4.98 Å². The number of hydrogen-bond donors (Lipinski definition) is 0. The fourth-order valence-corrected chi connectivity index (χ4v) is 5.57. The Hall–Kier alpha value is -2.32. The van der Waals surface area contributed by atoms with E-state index in [0.717, 1.165) is 47.1 Å². The minimum absolute atomic E-state index is 0.382. The number of rotatable bonds is 8. The van der Waals surface area contributed by atoms with E-state index in [4.69, 9.17) is 9.15 Å². The van der Waals surface area contributed by atoms with E-state index in [1.807, 2.05) is 18.5 Å². The van der Waals surface area contributed by atoms with E-state index >= 15 is 0 Å². The molecule has 2 atom stereocenters. The van der Waals surface area contributed by atoms with Gasteiger partial charge in [-0.3, -0.25) is 0 Å². The van der Waals surface area contributed by atoms with E-state index in [2.05, 4.69) is 44.3 Å². The molecule has 1 aliphatic heterocycles. The molecule has 1 aliphatic carbocycles. The fourth-order valence-electron chi connectivity index (χ4n) is 4.73. The number of hydrogen-bond acceptors (Lipinski definition) is 7. The van der Waals surface area contributed by atoms with Crippen molar-refractivity contribution < 1.29 is 9.15 Å². The monoisotopic (exact) mass is 425 g/mol. The van der Waals surface area contributed by atoms with Gasteiger partial charge >= 0.3 is 0 Å². The first-order valence-corrected chi connectivity index (χ1v) is 11.4. The molecule has 0 bridgehead atoms. The number of piperidine rings is 1. The van der Waals surface area contributed by atoms with E-state index in [0.29, 0.717) is 11.2 Å². The number of methoxy groups -OCH3 is 1. The van der Waals surface area contributed by atoms with Gasteiger partial charge in [0.2, 0.25) is 5.82 Å². The summed E-state index contributed by atoms with van der Waals surface area (Å²) in [6.07, 6.45) is 3.92. The molecule has 8 heteroatoms. The van der Waals surface area contributed by atoms with Crippen molar-refractivity contribution in [1.82, 2.24) is 24.6 Å². The zero-order chi connectivity index (χ0) is 20.7. The molecule has 30 heavy (non-hydrogen) atoms. The average molecular weight is 426 g/mol. The maximum Gasteiger partial charge on any atom is 0.202 e. The SMILES string of the molecule is COc1ccc([C@]23C[C@H]2CN(CCCSc2nnc(-c4ocnc4C)n2C)C3)cc1. The lowest BCUT2D eigenvalue weighted by Gasteiger charge is -2.21. The lowest BCUT2D eigenvalue weighted by molar-refractivity contribution is 0.299. The summed E-state index contributed by atoms with van der Waals surface area (Å²) in [4.78, 5) is 6.77. The Morgan fingerprint density at radius 2 is 2.10 bits per heavy atom. The number of likely N-dealkylation sites (tertiary alicyclic amines) is 1. The predicted octanol–water partition coefficient (Wildman–Crippen LogP) is 3.54. The van der Waals surface area contributed by atoms with Crippen molar-refractivity contribution in [3.05, 3.63) is 41.9 Å². The van der Waals surface area contributed by atoms with E-state index in [-0.39, 0.29) is 0 Å². The molecule has 2 fully saturated rings. The van der Waals surface area contributed by atoms with Crippen molar-refractivity contribution in [3.8, 4) is 17.3 Å². The molecule has 5 rings (SSSR count). The topological polar surface area (TPSA) is 69.2 Å². The third-order valence-electron chi connectivity index (χ3n) is 6.51. The van der Waals surface area contributed by atoms with Crippen molar-refractivity contribution in [2.75, 3.05) is 32.5 Å². The van der Waals surface area contributed by atoms with Crippen LogP contribution in [-0.4, -0.2) is 57.1 Å². The van der Waals surface area contributed by atoms with Crippen LogP contribution in [0.15, 0.2) is 40.2 Å². The Kier molecular flexibility index (Phi) is 5.06. The lowest BCUT2D eigenvalue weighted by Crippen LogP contribution is -2.27. The highest BCUT2D eigenvalue weighted by Gasteiger charge is 2.60. The fraction of sp³-hybridized carbons (Fsp3) is 0.500. The van der Waals surface area contributed by atoms with Gasteiger partial charge < -0.3 is 18.6 Å². The summed E-state index contributed by atoms with van der Waals surface area (Å²) in [6.45, 7) is 5.44. The molecule has 2 aliphatic rings. The van der Waals surface area contributed by atoms with Crippen LogP contribution in [0.5, 0.6) is 5.75 Å². The van der Waals surface area contributed by atoms with Crippen molar-refractivity contribution in [3.63, 3.8) is 0 Å². The number of aryl methyl sites for hydroxylation is 1. The zero-order valence-electron chi connectivity index (χ0n) is 17.7. The molecular formula is C22H27N5O2S. The molecule has 0 unspecified atom stereocenters. The Balaban J connectivity index is 1.12. The van der Waals surface area contributed by atoms with Crippen LogP contribution in [0.2, 0.25) is 0 Å². The molecule has 0 spiro atoms. The normalized spacial score (nSPS) is 23.0. The number of nitrogens with zero attached hydrogens (tertiary/aromatic N) is 5. The number of ether oxygens (including phenoxy) is 1. The average Bonchev–Trinajstić information content (AvgIpc) is 3.05. The van der Waals surface area contributed by atoms with Gasteiger partial charge in [0, 0.05) is 31.3 Å². The van der Waals surface area contributed by atoms with E-state index in [9.17, 15) is 0 Å². The highest BCUT2D eigenvalue weighted by atomic mass is 32.2. The first-order chi connectivity index (χ1) is 14.6. The highest BCUT2D eigenvalue weighted by molar-refractivity contribution is 7.99. The van der Waals surface area contributed by atoms with E-state index in [1.165, 1.54) is 31.5 Å². The predicted molar refractivity (Wildman–Crippen MR) is 116 cm³/mol. The van der Waals surface area contributed by atoms with Gasteiger partial charge in [-0.2, -0.15) is 0 Å². The first kappa shape index (κ1) is 19.6. The summed E-state index contributed by atoms with van der Waals surface area (Å²) in [5.41, 5.74) is 2.69. The third kappa shape index (κ3) is 3.41. The lowest BCUT2D eigenvalue weighted by atomic mass is 9.95. The molecule has 0 amide bonds. The van der Waals surface area contributed by atoms with Crippen molar-refractivity contribution in [1.29, 1.82) is 0 Å². The van der Waals surface area contributed by atoms with Crippen LogP contribution in [0.25, 0.3) is 11.6 Å². The standard InChI is InChI=1S/C22H27N5O2S/c1-15-19(29-14-23-15)20-24-25-21(26(20)2)30-10-4-9-27-12-17-11-22(17,13-27)16-5-7-18(28-3)8-6-16/h5-8,14,17H,4,9-13H2,1-3H3/t17-,22+/m0/s1. The number of fused-ring (bicyclic) bond motifs is 1. The molecule has 2 aromatic heterocycles. The molecule has 1 aromatic carbocycles. The second-order valence-electron chi connectivity index (χ2n) is 8.35. The summed E-state index contributed by atoms with van der Waals surface area (Å²) >= 11 is 1.75. The second kappa shape index (κ2) is 7.74. The van der Waals surface area contributed by atoms with Crippen molar-refractivity contribution in [2.24, 2.45) is 13.0 Å². The van der Waals surface area contributed by atoms with Crippen molar-refractivity contribution >= 4 is 11.8 Å². The molecule has 3 aromatic rings. The van der Waals surface area contributed by atoms with Crippen LogP contribution in [0, 0.1) is 12.8 Å². The number of aromatic nitrogens is 4. The number of benzene rings is 1. The minimum atomic E-state index is 0.382. The van der Waals surface area contributed by atoms with Crippen LogP contribution in [0.4, 0.5) is 0 Å². The number of thioether (sulfide) groups is 1. The summed E-state index contributed by atoms with van der Waals surface area (Å²) < 4.78 is 12.7. The summed E-state index contributed by atoms with van der Waals surface area (Å²) in [6, 6.07) is 8.68. The summed E-state index contributed by atoms with van der Waals surface area (Å²) in [5, 5.41) is 9.53. The number of oxazole rings is 1. The summed E-state index contributed by atoms with van der Waals surface area (Å²) in [5.74, 6) is 4.19. The second-order valence-corrected chi connectivity index (χ2v) is 9.42.